The zero-order valence-electron chi connectivity index (χ0n) is 12.8. The van der Waals surface area contributed by atoms with Gasteiger partial charge in [-0.05, 0) is 24.8 Å². The molecule has 0 radical (unpaired) electrons. The molecule has 0 spiro atoms. The molecule has 6 nitrogen and oxygen atoms in total. The van der Waals surface area contributed by atoms with Crippen molar-refractivity contribution >= 4 is 11.0 Å². The molecule has 0 aliphatic heterocycles. The van der Waals surface area contributed by atoms with Gasteiger partial charge in [0.2, 0.25) is 0 Å². The van der Waals surface area contributed by atoms with E-state index in [4.69, 9.17) is 5.26 Å². The molecule has 1 saturated carbocycles. The first-order valence-corrected chi connectivity index (χ1v) is 8.07. The zero-order valence-corrected chi connectivity index (χ0v) is 12.8. The van der Waals surface area contributed by atoms with Crippen LogP contribution >= 0.6 is 0 Å². The van der Waals surface area contributed by atoms with E-state index < -0.39 is 0 Å². The monoisotopic (exact) mass is 306 g/mol. The molecule has 1 N–H and O–H groups in total. The fraction of sp³-hybridized carbons (Fsp3) is 0.412. The van der Waals surface area contributed by atoms with E-state index in [0.717, 1.165) is 16.6 Å². The molecule has 0 amide bonds. The normalized spacial score (nSPS) is 16.7. The third-order valence-corrected chi connectivity index (χ3v) is 4.74. The first kappa shape index (κ1) is 13.9. The van der Waals surface area contributed by atoms with Gasteiger partial charge >= 0.3 is 0 Å². The predicted octanol–water partition coefficient (Wildman–Crippen LogP) is 3.47. The Morgan fingerprint density at radius 2 is 2.22 bits per heavy atom. The summed E-state index contributed by atoms with van der Waals surface area (Å²) in [5.74, 6) is 1.21. The molecule has 0 saturated heterocycles. The number of nitrogens with zero attached hydrogens (tertiary/aromatic N) is 5. The van der Waals surface area contributed by atoms with Crippen LogP contribution < -0.4 is 0 Å². The number of hydrogen-bond donors (Lipinski definition) is 1. The number of rotatable bonds is 4. The average Bonchev–Trinajstić information content (AvgIpc) is 3.32. The summed E-state index contributed by atoms with van der Waals surface area (Å²) in [5, 5.41) is 14.7. The molecule has 116 valence electrons. The molecule has 6 heteroatoms. The van der Waals surface area contributed by atoms with Crippen molar-refractivity contribution < 1.29 is 0 Å². The second kappa shape index (κ2) is 5.84. The van der Waals surface area contributed by atoms with E-state index in [1.54, 1.807) is 6.20 Å². The lowest BCUT2D eigenvalue weighted by Crippen LogP contribution is -2.17. The number of nitriles is 1. The molecular weight excluding hydrogens is 288 g/mol. The van der Waals surface area contributed by atoms with Gasteiger partial charge in [0.05, 0.1) is 30.3 Å². The van der Waals surface area contributed by atoms with Gasteiger partial charge in [0.15, 0.2) is 5.82 Å². The van der Waals surface area contributed by atoms with E-state index in [9.17, 15) is 0 Å². The fourth-order valence-electron chi connectivity index (χ4n) is 3.52. The van der Waals surface area contributed by atoms with Gasteiger partial charge in [-0.1, -0.05) is 12.8 Å². The van der Waals surface area contributed by atoms with E-state index in [1.165, 1.54) is 25.7 Å². The van der Waals surface area contributed by atoms with E-state index in [2.05, 4.69) is 26.1 Å². The van der Waals surface area contributed by atoms with Crippen LogP contribution in [-0.4, -0.2) is 24.7 Å². The standard InChI is InChI=1S/C17H18N6/c18-7-5-15(12-3-1-2-4-12)23-11-14(10-21-23)17-20-9-13-6-8-19-16(13)22-17/h6,8-12,15H,1-5H2,(H,19,20,22). The van der Waals surface area contributed by atoms with Crippen molar-refractivity contribution in [3.05, 3.63) is 30.9 Å². The van der Waals surface area contributed by atoms with Crippen molar-refractivity contribution in [1.82, 2.24) is 24.7 Å². The van der Waals surface area contributed by atoms with Gasteiger partial charge in [0, 0.05) is 24.0 Å². The van der Waals surface area contributed by atoms with Crippen LogP contribution in [0.1, 0.15) is 38.1 Å². The summed E-state index contributed by atoms with van der Waals surface area (Å²) in [6.45, 7) is 0. The van der Waals surface area contributed by atoms with Crippen LogP contribution in [0.4, 0.5) is 0 Å². The van der Waals surface area contributed by atoms with Gasteiger partial charge in [-0.25, -0.2) is 9.97 Å². The van der Waals surface area contributed by atoms with Gasteiger partial charge in [0.1, 0.15) is 5.65 Å². The van der Waals surface area contributed by atoms with Crippen LogP contribution in [0.3, 0.4) is 0 Å². The highest BCUT2D eigenvalue weighted by molar-refractivity contribution is 5.76. The summed E-state index contributed by atoms with van der Waals surface area (Å²) in [5.41, 5.74) is 1.72. The number of hydrogen-bond acceptors (Lipinski definition) is 4. The van der Waals surface area contributed by atoms with Gasteiger partial charge in [-0.3, -0.25) is 4.68 Å². The number of aromatic nitrogens is 5. The van der Waals surface area contributed by atoms with Gasteiger partial charge in [0.25, 0.3) is 0 Å². The Kier molecular flexibility index (Phi) is 3.54. The van der Waals surface area contributed by atoms with Gasteiger partial charge < -0.3 is 4.98 Å². The smallest absolute Gasteiger partial charge is 0.164 e. The van der Waals surface area contributed by atoms with Crippen molar-refractivity contribution in [1.29, 1.82) is 5.26 Å². The number of aromatic amines is 1. The van der Waals surface area contributed by atoms with Crippen molar-refractivity contribution in [2.45, 2.75) is 38.1 Å². The van der Waals surface area contributed by atoms with Crippen LogP contribution in [0.2, 0.25) is 0 Å². The second-order valence-electron chi connectivity index (χ2n) is 6.16. The largest absolute Gasteiger partial charge is 0.346 e. The molecule has 1 aliphatic carbocycles. The Labute approximate surface area is 134 Å². The molecule has 23 heavy (non-hydrogen) atoms. The molecule has 1 fully saturated rings. The van der Waals surface area contributed by atoms with Crippen molar-refractivity contribution in [3.63, 3.8) is 0 Å². The lowest BCUT2D eigenvalue weighted by Gasteiger charge is -2.21. The summed E-state index contributed by atoms with van der Waals surface area (Å²) < 4.78 is 1.94. The molecule has 3 heterocycles. The minimum Gasteiger partial charge on any atom is -0.346 e. The Bertz CT molecular complexity index is 849. The van der Waals surface area contributed by atoms with Crippen LogP contribution in [0.25, 0.3) is 22.4 Å². The molecular formula is C17H18N6. The van der Waals surface area contributed by atoms with E-state index in [0.29, 0.717) is 18.2 Å². The van der Waals surface area contributed by atoms with Gasteiger partial charge in [-0.15, -0.1) is 0 Å². The Morgan fingerprint density at radius 1 is 1.35 bits per heavy atom. The Morgan fingerprint density at radius 3 is 3.04 bits per heavy atom. The molecule has 0 bridgehead atoms. The van der Waals surface area contributed by atoms with Crippen molar-refractivity contribution in [3.8, 4) is 17.5 Å². The first-order chi connectivity index (χ1) is 11.3. The highest BCUT2D eigenvalue weighted by Crippen LogP contribution is 2.36. The van der Waals surface area contributed by atoms with E-state index in [-0.39, 0.29) is 6.04 Å². The molecule has 3 aromatic heterocycles. The fourth-order valence-corrected chi connectivity index (χ4v) is 3.52. The SMILES string of the molecule is N#CCC(C1CCCC1)n1cc(-c2ncc3cc[nH]c3n2)cn1. The maximum Gasteiger partial charge on any atom is 0.164 e. The summed E-state index contributed by atoms with van der Waals surface area (Å²) in [6.07, 6.45) is 12.8. The van der Waals surface area contributed by atoms with Crippen molar-refractivity contribution in [2.24, 2.45) is 5.92 Å². The third-order valence-electron chi connectivity index (χ3n) is 4.74. The maximum absolute atomic E-state index is 9.16. The number of H-pyrrole nitrogens is 1. The highest BCUT2D eigenvalue weighted by atomic mass is 15.3. The Hall–Kier alpha value is -2.68. The molecule has 4 rings (SSSR count). The quantitative estimate of drug-likeness (QED) is 0.800. The third kappa shape index (κ3) is 2.59. The van der Waals surface area contributed by atoms with Crippen LogP contribution in [0, 0.1) is 17.2 Å². The zero-order chi connectivity index (χ0) is 15.6. The minimum atomic E-state index is 0.158. The highest BCUT2D eigenvalue weighted by Gasteiger charge is 2.27. The van der Waals surface area contributed by atoms with Crippen LogP contribution in [0.5, 0.6) is 0 Å². The number of nitrogens with one attached hydrogen (secondary N) is 1. The molecule has 1 unspecified atom stereocenters. The summed E-state index contributed by atoms with van der Waals surface area (Å²) >= 11 is 0. The summed E-state index contributed by atoms with van der Waals surface area (Å²) in [7, 11) is 0. The molecule has 1 aliphatic rings. The molecule has 1 atom stereocenters. The minimum absolute atomic E-state index is 0.158. The summed E-state index contributed by atoms with van der Waals surface area (Å²) in [4.78, 5) is 12.1. The lowest BCUT2D eigenvalue weighted by atomic mass is 9.96. The molecule has 3 aromatic rings. The number of fused-ring (bicyclic) bond motifs is 1. The first-order valence-electron chi connectivity index (χ1n) is 8.07. The maximum atomic E-state index is 9.16. The van der Waals surface area contributed by atoms with Crippen molar-refractivity contribution in [2.75, 3.05) is 0 Å². The summed E-state index contributed by atoms with van der Waals surface area (Å²) in [6, 6.07) is 4.42. The predicted molar refractivity (Wildman–Crippen MR) is 86.3 cm³/mol. The lowest BCUT2D eigenvalue weighted by molar-refractivity contribution is 0.315. The van der Waals surface area contributed by atoms with Crippen LogP contribution in [-0.2, 0) is 0 Å². The van der Waals surface area contributed by atoms with E-state index in [1.807, 2.05) is 29.3 Å². The second-order valence-corrected chi connectivity index (χ2v) is 6.16. The van der Waals surface area contributed by atoms with E-state index >= 15 is 0 Å². The topological polar surface area (TPSA) is 83.2 Å². The van der Waals surface area contributed by atoms with Crippen LogP contribution in [0.15, 0.2) is 30.9 Å². The average molecular weight is 306 g/mol. The Balaban J connectivity index is 1.65. The molecule has 0 aromatic carbocycles. The van der Waals surface area contributed by atoms with Gasteiger partial charge in [-0.2, -0.15) is 10.4 Å².